The average Bonchev–Trinajstić information content (AvgIpc) is 2.50. The summed E-state index contributed by atoms with van der Waals surface area (Å²) in [6.07, 6.45) is 1.69. The van der Waals surface area contributed by atoms with E-state index < -0.39 is 0 Å². The molecule has 100 valence electrons. The molecule has 3 aromatic rings. The molecule has 2 nitrogen and oxygen atoms in total. The Bertz CT molecular complexity index is 717. The Morgan fingerprint density at radius 2 is 1.80 bits per heavy atom. The standard InChI is InChI=1S/C17H15ClN2/c1-2-20(17-11-10-14(18)12-19-17)16-9-5-7-13-6-3-4-8-15(13)16/h3-12H,2H2,1H3. The molecule has 1 aromatic heterocycles. The summed E-state index contributed by atoms with van der Waals surface area (Å²) in [5.41, 5.74) is 1.17. The number of benzene rings is 2. The van der Waals surface area contributed by atoms with Crippen LogP contribution in [0.2, 0.25) is 5.02 Å². The van der Waals surface area contributed by atoms with Gasteiger partial charge in [0.2, 0.25) is 0 Å². The minimum Gasteiger partial charge on any atom is -0.326 e. The molecule has 1 heterocycles. The summed E-state index contributed by atoms with van der Waals surface area (Å²) >= 11 is 5.92. The normalized spacial score (nSPS) is 10.7. The van der Waals surface area contributed by atoms with E-state index in [0.29, 0.717) is 5.02 Å². The van der Waals surface area contributed by atoms with Crippen molar-refractivity contribution in [2.75, 3.05) is 11.4 Å². The lowest BCUT2D eigenvalue weighted by molar-refractivity contribution is 0.995. The van der Waals surface area contributed by atoms with Crippen molar-refractivity contribution in [3.63, 3.8) is 0 Å². The first-order chi connectivity index (χ1) is 9.79. The zero-order valence-corrected chi connectivity index (χ0v) is 12.0. The first kappa shape index (κ1) is 12.9. The van der Waals surface area contributed by atoms with Gasteiger partial charge in [0.1, 0.15) is 5.82 Å². The van der Waals surface area contributed by atoms with Crippen molar-refractivity contribution in [3.05, 3.63) is 65.8 Å². The highest BCUT2D eigenvalue weighted by Crippen LogP contribution is 2.31. The maximum atomic E-state index is 5.92. The first-order valence-electron chi connectivity index (χ1n) is 6.66. The lowest BCUT2D eigenvalue weighted by Gasteiger charge is -2.23. The van der Waals surface area contributed by atoms with Gasteiger partial charge in [-0.05, 0) is 30.5 Å². The highest BCUT2D eigenvalue weighted by atomic mass is 35.5. The highest BCUT2D eigenvalue weighted by Gasteiger charge is 2.11. The summed E-state index contributed by atoms with van der Waals surface area (Å²) in [5, 5.41) is 3.12. The van der Waals surface area contributed by atoms with Crippen LogP contribution in [0.5, 0.6) is 0 Å². The number of halogens is 1. The predicted molar refractivity (Wildman–Crippen MR) is 85.9 cm³/mol. The van der Waals surface area contributed by atoms with Crippen LogP contribution in [0.4, 0.5) is 11.5 Å². The van der Waals surface area contributed by atoms with E-state index in [0.717, 1.165) is 12.4 Å². The monoisotopic (exact) mass is 282 g/mol. The Morgan fingerprint density at radius 1 is 1.00 bits per heavy atom. The third kappa shape index (κ3) is 2.35. The fourth-order valence-corrected chi connectivity index (χ4v) is 2.54. The van der Waals surface area contributed by atoms with E-state index in [2.05, 4.69) is 59.3 Å². The molecule has 0 N–H and O–H groups in total. The van der Waals surface area contributed by atoms with Gasteiger partial charge in [-0.2, -0.15) is 0 Å². The molecule has 2 aromatic carbocycles. The number of hydrogen-bond donors (Lipinski definition) is 0. The molecule has 3 heteroatoms. The van der Waals surface area contributed by atoms with Gasteiger partial charge in [0.05, 0.1) is 10.7 Å². The molecule has 0 aliphatic carbocycles. The van der Waals surface area contributed by atoms with Crippen molar-refractivity contribution < 1.29 is 0 Å². The van der Waals surface area contributed by atoms with E-state index in [4.69, 9.17) is 11.6 Å². The van der Waals surface area contributed by atoms with Crippen LogP contribution >= 0.6 is 11.6 Å². The van der Waals surface area contributed by atoms with Gasteiger partial charge in [-0.25, -0.2) is 4.98 Å². The number of aromatic nitrogens is 1. The van der Waals surface area contributed by atoms with Gasteiger partial charge in [-0.1, -0.05) is 48.0 Å². The number of rotatable bonds is 3. The second-order valence-electron chi connectivity index (χ2n) is 4.58. The molecule has 0 radical (unpaired) electrons. The molecular weight excluding hydrogens is 268 g/mol. The maximum Gasteiger partial charge on any atom is 0.133 e. The third-order valence-electron chi connectivity index (χ3n) is 3.36. The van der Waals surface area contributed by atoms with Crippen molar-refractivity contribution >= 4 is 33.9 Å². The predicted octanol–water partition coefficient (Wildman–Crippen LogP) is 5.05. The Balaban J connectivity index is 2.14. The van der Waals surface area contributed by atoms with E-state index in [1.165, 1.54) is 16.5 Å². The summed E-state index contributed by atoms with van der Waals surface area (Å²) in [6, 6.07) is 18.6. The van der Waals surface area contributed by atoms with Crippen molar-refractivity contribution in [2.24, 2.45) is 0 Å². The lowest BCUT2D eigenvalue weighted by Crippen LogP contribution is -2.17. The molecule has 0 spiro atoms. The van der Waals surface area contributed by atoms with E-state index in [9.17, 15) is 0 Å². The number of anilines is 2. The van der Waals surface area contributed by atoms with E-state index >= 15 is 0 Å². The van der Waals surface area contributed by atoms with E-state index in [1.807, 2.05) is 12.1 Å². The van der Waals surface area contributed by atoms with Crippen molar-refractivity contribution in [1.82, 2.24) is 4.98 Å². The molecule has 0 bridgehead atoms. The average molecular weight is 283 g/mol. The molecule has 0 fully saturated rings. The minimum absolute atomic E-state index is 0.655. The summed E-state index contributed by atoms with van der Waals surface area (Å²) in [5.74, 6) is 0.910. The van der Waals surface area contributed by atoms with Gasteiger partial charge < -0.3 is 4.90 Å². The summed E-state index contributed by atoms with van der Waals surface area (Å²) in [6.45, 7) is 2.97. The second-order valence-corrected chi connectivity index (χ2v) is 5.01. The van der Waals surface area contributed by atoms with Gasteiger partial charge in [-0.3, -0.25) is 0 Å². The van der Waals surface area contributed by atoms with Crippen LogP contribution in [-0.2, 0) is 0 Å². The zero-order chi connectivity index (χ0) is 13.9. The van der Waals surface area contributed by atoms with Crippen LogP contribution in [0.25, 0.3) is 10.8 Å². The third-order valence-corrected chi connectivity index (χ3v) is 3.59. The molecular formula is C17H15ClN2. The Labute approximate surface area is 123 Å². The Morgan fingerprint density at radius 3 is 2.55 bits per heavy atom. The van der Waals surface area contributed by atoms with Crippen molar-refractivity contribution in [1.29, 1.82) is 0 Å². The quantitative estimate of drug-likeness (QED) is 0.668. The van der Waals surface area contributed by atoms with Crippen LogP contribution in [0.15, 0.2) is 60.8 Å². The molecule has 20 heavy (non-hydrogen) atoms. The smallest absolute Gasteiger partial charge is 0.133 e. The molecule has 0 amide bonds. The summed E-state index contributed by atoms with van der Waals surface area (Å²) < 4.78 is 0. The van der Waals surface area contributed by atoms with Crippen molar-refractivity contribution in [2.45, 2.75) is 6.92 Å². The van der Waals surface area contributed by atoms with E-state index in [-0.39, 0.29) is 0 Å². The molecule has 0 aliphatic rings. The van der Waals surface area contributed by atoms with Crippen LogP contribution in [0.3, 0.4) is 0 Å². The number of hydrogen-bond acceptors (Lipinski definition) is 2. The first-order valence-corrected chi connectivity index (χ1v) is 7.04. The fourth-order valence-electron chi connectivity index (χ4n) is 2.43. The van der Waals surface area contributed by atoms with Gasteiger partial charge >= 0.3 is 0 Å². The molecule has 0 aliphatic heterocycles. The molecule has 0 unspecified atom stereocenters. The van der Waals surface area contributed by atoms with Crippen molar-refractivity contribution in [3.8, 4) is 0 Å². The number of fused-ring (bicyclic) bond motifs is 1. The Hall–Kier alpha value is -2.06. The molecule has 0 saturated carbocycles. The SMILES string of the molecule is CCN(c1ccc(Cl)cn1)c1cccc2ccccc12. The highest BCUT2D eigenvalue weighted by molar-refractivity contribution is 6.30. The van der Waals surface area contributed by atoms with Gasteiger partial charge in [0.25, 0.3) is 0 Å². The maximum absolute atomic E-state index is 5.92. The van der Waals surface area contributed by atoms with Crippen LogP contribution < -0.4 is 4.90 Å². The Kier molecular flexibility index (Phi) is 3.57. The summed E-state index contributed by atoms with van der Waals surface area (Å²) in [4.78, 5) is 6.62. The van der Waals surface area contributed by atoms with E-state index in [1.54, 1.807) is 6.20 Å². The largest absolute Gasteiger partial charge is 0.326 e. The van der Waals surface area contributed by atoms with Gasteiger partial charge in [-0.15, -0.1) is 0 Å². The molecule has 3 rings (SSSR count). The van der Waals surface area contributed by atoms with Crippen LogP contribution in [0.1, 0.15) is 6.92 Å². The van der Waals surface area contributed by atoms with Crippen LogP contribution in [0, 0.1) is 0 Å². The summed E-state index contributed by atoms with van der Waals surface area (Å²) in [7, 11) is 0. The van der Waals surface area contributed by atoms with Gasteiger partial charge in [0, 0.05) is 18.1 Å². The second kappa shape index (κ2) is 5.51. The minimum atomic E-state index is 0.655. The molecule has 0 atom stereocenters. The van der Waals surface area contributed by atoms with Crippen LogP contribution in [-0.4, -0.2) is 11.5 Å². The fraction of sp³-hybridized carbons (Fsp3) is 0.118. The lowest BCUT2D eigenvalue weighted by atomic mass is 10.1. The zero-order valence-electron chi connectivity index (χ0n) is 11.3. The molecule has 0 saturated heterocycles. The topological polar surface area (TPSA) is 16.1 Å². The van der Waals surface area contributed by atoms with Gasteiger partial charge in [0.15, 0.2) is 0 Å². The number of pyridine rings is 1. The number of nitrogens with zero attached hydrogens (tertiary/aromatic N) is 2.